The summed E-state index contributed by atoms with van der Waals surface area (Å²) in [5.41, 5.74) is 14.9. The number of benzene rings is 8. The van der Waals surface area contributed by atoms with Gasteiger partial charge < -0.3 is 4.40 Å². The van der Waals surface area contributed by atoms with Gasteiger partial charge in [-0.1, -0.05) is 140 Å². The van der Waals surface area contributed by atoms with Crippen LogP contribution in [0, 0.1) is 0 Å². The summed E-state index contributed by atoms with van der Waals surface area (Å²) in [7, 11) is 0. The van der Waals surface area contributed by atoms with Crippen molar-refractivity contribution in [2.45, 2.75) is 18.8 Å². The predicted octanol–water partition coefficient (Wildman–Crippen LogP) is 14.5. The van der Waals surface area contributed by atoms with E-state index >= 15 is 0 Å². The van der Waals surface area contributed by atoms with Crippen LogP contribution in [0.4, 0.5) is 0 Å². The molecule has 0 radical (unpaired) electrons. The average molecular weight is 783 g/mol. The number of nitrogens with zero attached hydrogens (tertiary/aromatic N) is 4. The van der Waals surface area contributed by atoms with Crippen molar-refractivity contribution in [2.24, 2.45) is 0 Å². The van der Waals surface area contributed by atoms with Crippen LogP contribution in [0.5, 0.6) is 0 Å². The summed E-state index contributed by atoms with van der Waals surface area (Å²) in [5.74, 6) is 1.04. The lowest BCUT2D eigenvalue weighted by atomic mass is 9.90. The monoisotopic (exact) mass is 782 g/mol. The van der Waals surface area contributed by atoms with E-state index in [4.69, 9.17) is 9.97 Å². The summed E-state index contributed by atoms with van der Waals surface area (Å²) in [6.45, 7) is 0. The van der Waals surface area contributed by atoms with E-state index in [-0.39, 0.29) is 0 Å². The lowest BCUT2D eigenvalue weighted by molar-refractivity contribution is 0.729. The molecule has 5 heterocycles. The van der Waals surface area contributed by atoms with Crippen LogP contribution in [-0.4, -0.2) is 18.9 Å². The van der Waals surface area contributed by atoms with E-state index in [2.05, 4.69) is 185 Å². The molecule has 0 saturated heterocycles. The van der Waals surface area contributed by atoms with Crippen molar-refractivity contribution in [3.63, 3.8) is 0 Å². The van der Waals surface area contributed by atoms with Gasteiger partial charge in [-0.3, -0.25) is 4.57 Å². The van der Waals surface area contributed by atoms with E-state index in [1.54, 1.807) is 11.3 Å². The normalized spacial score (nSPS) is 14.0. The van der Waals surface area contributed by atoms with Crippen molar-refractivity contribution in [1.82, 2.24) is 18.9 Å². The molecule has 5 aromatic heterocycles. The van der Waals surface area contributed by atoms with Gasteiger partial charge in [-0.2, -0.15) is 0 Å². The maximum atomic E-state index is 5.71. The van der Waals surface area contributed by atoms with E-state index in [1.165, 1.54) is 86.8 Å². The molecule has 0 aliphatic heterocycles. The molecule has 1 aliphatic carbocycles. The van der Waals surface area contributed by atoms with E-state index in [0.717, 1.165) is 45.3 Å². The fraction of sp³-hybridized carbons (Fsp3) is 0.0545. The number of rotatable bonds is 5. The zero-order valence-electron chi connectivity index (χ0n) is 32.4. The highest BCUT2D eigenvalue weighted by molar-refractivity contribution is 7.25. The van der Waals surface area contributed by atoms with E-state index in [9.17, 15) is 0 Å². The Morgan fingerprint density at radius 3 is 2.00 bits per heavy atom. The molecular weight excluding hydrogens is 749 g/mol. The predicted molar refractivity (Wildman–Crippen MR) is 251 cm³/mol. The summed E-state index contributed by atoms with van der Waals surface area (Å²) < 4.78 is 6.02. The molecule has 8 aromatic carbocycles. The smallest absolute Gasteiger partial charge is 0.236 e. The van der Waals surface area contributed by atoms with Crippen molar-refractivity contribution in [1.29, 1.82) is 0 Å². The molecule has 1 aliphatic rings. The number of para-hydroxylation sites is 3. The summed E-state index contributed by atoms with van der Waals surface area (Å²) in [5, 5.41) is 9.80. The van der Waals surface area contributed by atoms with E-state index in [1.807, 2.05) is 0 Å². The number of thiophene rings is 1. The zero-order valence-corrected chi connectivity index (χ0v) is 33.2. The molecule has 5 heteroatoms. The van der Waals surface area contributed by atoms with Crippen LogP contribution in [0.3, 0.4) is 0 Å². The topological polar surface area (TPSA) is 35.1 Å². The maximum Gasteiger partial charge on any atom is 0.236 e. The molecule has 60 heavy (non-hydrogen) atoms. The number of fused-ring (bicyclic) bond motifs is 16. The lowest BCUT2D eigenvalue weighted by Crippen LogP contribution is -2.03. The Kier molecular flexibility index (Phi) is 6.58. The Balaban J connectivity index is 1.05. The molecule has 0 amide bonds. The van der Waals surface area contributed by atoms with Gasteiger partial charge in [0.2, 0.25) is 5.95 Å². The van der Waals surface area contributed by atoms with Gasteiger partial charge in [0.05, 0.1) is 33.3 Å². The van der Waals surface area contributed by atoms with Gasteiger partial charge in [-0.05, 0) is 77.1 Å². The molecule has 14 rings (SSSR count). The molecule has 280 valence electrons. The van der Waals surface area contributed by atoms with Crippen molar-refractivity contribution >= 4 is 91.5 Å². The van der Waals surface area contributed by atoms with Gasteiger partial charge in [0.15, 0.2) is 0 Å². The molecule has 0 fully saturated rings. The third-order valence-corrected chi connectivity index (χ3v) is 14.4. The average Bonchev–Trinajstić information content (AvgIpc) is 4.10. The molecule has 4 nitrogen and oxygen atoms in total. The highest BCUT2D eigenvalue weighted by atomic mass is 32.1. The number of hydrogen-bond donors (Lipinski definition) is 0. The molecule has 1 unspecified atom stereocenters. The molecule has 13 aromatic rings. The first-order valence-electron chi connectivity index (χ1n) is 20.8. The number of aryl methyl sites for hydroxylation is 1. The summed E-state index contributed by atoms with van der Waals surface area (Å²) in [6, 6.07) is 64.7. The van der Waals surface area contributed by atoms with Gasteiger partial charge in [-0.15, -0.1) is 11.3 Å². The second-order valence-corrected chi connectivity index (χ2v) is 17.4. The molecule has 0 bridgehead atoms. The molecule has 0 saturated carbocycles. The Morgan fingerprint density at radius 1 is 0.483 bits per heavy atom. The van der Waals surface area contributed by atoms with Gasteiger partial charge in [-0.25, -0.2) is 9.97 Å². The lowest BCUT2D eigenvalue weighted by Gasteiger charge is -2.15. The first-order chi connectivity index (χ1) is 29.8. The van der Waals surface area contributed by atoms with Crippen molar-refractivity contribution in [3.05, 3.63) is 193 Å². The van der Waals surface area contributed by atoms with Crippen LogP contribution in [-0.2, 0) is 6.42 Å². The molecule has 0 spiro atoms. The quantitative estimate of drug-likeness (QED) is 0.174. The zero-order chi connectivity index (χ0) is 39.1. The summed E-state index contributed by atoms with van der Waals surface area (Å²) >= 11 is 1.76. The Hall–Kier alpha value is -7.34. The molecular formula is C55H34N4S. The third kappa shape index (κ3) is 4.34. The minimum atomic E-state index is 0.343. The summed E-state index contributed by atoms with van der Waals surface area (Å²) in [6.07, 6.45) is 2.10. The minimum absolute atomic E-state index is 0.343. The Labute approximate surface area is 348 Å². The van der Waals surface area contributed by atoms with E-state index < -0.39 is 0 Å². The highest BCUT2D eigenvalue weighted by Gasteiger charge is 2.30. The van der Waals surface area contributed by atoms with Crippen LogP contribution in [0.15, 0.2) is 176 Å². The van der Waals surface area contributed by atoms with Crippen LogP contribution in [0.2, 0.25) is 0 Å². The minimum Gasteiger partial charge on any atom is -0.308 e. The largest absolute Gasteiger partial charge is 0.308 e. The van der Waals surface area contributed by atoms with Crippen LogP contribution >= 0.6 is 11.3 Å². The standard InChI is InChI=1S/C55H34N4S/c1-2-14-32(15-3-1)26-28-36-34-16-4-5-17-35(34)42-30-33(27-29-37(36)42)52-51-41-21-9-13-25-48(41)60-54(51)57-55(56-52)59-46-24-12-7-19-39(46)49-47(59)31-43-38-18-6-10-22-44(38)58-45-23-11-8-20-40(45)50(49)53(43)58/h1-25,27,29-31,36H,26,28H2. The fourth-order valence-electron chi connectivity index (χ4n) is 10.8. The third-order valence-electron chi connectivity index (χ3n) is 13.3. The van der Waals surface area contributed by atoms with Crippen molar-refractivity contribution in [2.75, 3.05) is 0 Å². The summed E-state index contributed by atoms with van der Waals surface area (Å²) in [4.78, 5) is 12.2. The Bertz CT molecular complexity index is 3910. The van der Waals surface area contributed by atoms with Gasteiger partial charge in [0.25, 0.3) is 0 Å². The van der Waals surface area contributed by atoms with Crippen molar-refractivity contribution < 1.29 is 0 Å². The van der Waals surface area contributed by atoms with Crippen LogP contribution < -0.4 is 0 Å². The van der Waals surface area contributed by atoms with Gasteiger partial charge >= 0.3 is 0 Å². The SMILES string of the molecule is c1ccc(CCC2c3ccccc3-c3cc(-c4nc(-n5c6ccccc6c6c7c8ccccc8n8c9ccccc9c(cc65)c78)nc5sc6ccccc6c45)ccc32)cc1. The second kappa shape index (κ2) is 12.1. The fourth-order valence-corrected chi connectivity index (χ4v) is 11.9. The second-order valence-electron chi connectivity index (χ2n) is 16.4. The highest BCUT2D eigenvalue weighted by Crippen LogP contribution is 2.50. The maximum absolute atomic E-state index is 5.71. The molecule has 1 atom stereocenters. The first-order valence-corrected chi connectivity index (χ1v) is 21.7. The number of aromatic nitrogens is 4. The first kappa shape index (κ1) is 32.6. The van der Waals surface area contributed by atoms with E-state index in [0.29, 0.717) is 11.9 Å². The molecule has 0 N–H and O–H groups in total. The number of hydrogen-bond acceptors (Lipinski definition) is 3. The van der Waals surface area contributed by atoms with Gasteiger partial charge in [0.1, 0.15) is 4.83 Å². The Morgan fingerprint density at radius 2 is 1.15 bits per heavy atom. The van der Waals surface area contributed by atoms with Crippen molar-refractivity contribution in [3.8, 4) is 28.3 Å². The van der Waals surface area contributed by atoms with Gasteiger partial charge in [0, 0.05) is 59.3 Å². The van der Waals surface area contributed by atoms with Crippen LogP contribution in [0.1, 0.15) is 29.0 Å². The van der Waals surface area contributed by atoms with Crippen LogP contribution in [0.25, 0.3) is 109 Å².